The van der Waals surface area contributed by atoms with Gasteiger partial charge in [-0.15, -0.1) is 0 Å². The van der Waals surface area contributed by atoms with Crippen molar-refractivity contribution < 1.29 is 0 Å². The van der Waals surface area contributed by atoms with Crippen LogP contribution in [0.2, 0.25) is 0 Å². The molecule has 0 aliphatic carbocycles. The number of rotatable bonds is 2. The quantitative estimate of drug-likeness (QED) is 0.743. The van der Waals surface area contributed by atoms with Gasteiger partial charge in [0.2, 0.25) is 0 Å². The molecule has 0 atom stereocenters. The normalized spacial score (nSPS) is 10.0. The van der Waals surface area contributed by atoms with Crippen molar-refractivity contribution in [1.82, 2.24) is 0 Å². The van der Waals surface area contributed by atoms with E-state index < -0.39 is 0 Å². The Bertz CT molecular complexity index is 451. The van der Waals surface area contributed by atoms with Gasteiger partial charge in [-0.2, -0.15) is 0 Å². The molecule has 0 radical (unpaired) electrons. The molecule has 0 unspecified atom stereocenters. The molecule has 2 aromatic carbocycles. The Kier molecular flexibility index (Phi) is 2.93. The van der Waals surface area contributed by atoms with Gasteiger partial charge in [0.15, 0.2) is 0 Å². The molecular formula is C13H12ClN. The lowest BCUT2D eigenvalue weighted by atomic mass is 10.0. The Morgan fingerprint density at radius 1 is 1.00 bits per heavy atom. The molecular weight excluding hydrogens is 206 g/mol. The standard InChI is InChI=1S/C13H12ClN/c1-10-9-12(15-14)7-8-13(10)11-5-3-2-4-6-11/h2-9,15H,1H3. The molecule has 0 spiro atoms. The first-order valence-corrected chi connectivity index (χ1v) is 5.22. The summed E-state index contributed by atoms with van der Waals surface area (Å²) in [4.78, 5) is 2.62. The van der Waals surface area contributed by atoms with Crippen molar-refractivity contribution in [2.24, 2.45) is 0 Å². The highest BCUT2D eigenvalue weighted by Gasteiger charge is 2.01. The van der Waals surface area contributed by atoms with Crippen LogP contribution in [0.1, 0.15) is 5.56 Å². The minimum absolute atomic E-state index is 0.925. The number of anilines is 1. The zero-order valence-corrected chi connectivity index (χ0v) is 9.25. The summed E-state index contributed by atoms with van der Waals surface area (Å²) in [6.07, 6.45) is 0. The third-order valence-corrected chi connectivity index (χ3v) is 2.64. The van der Waals surface area contributed by atoms with E-state index in [1.165, 1.54) is 16.7 Å². The lowest BCUT2D eigenvalue weighted by Gasteiger charge is -2.07. The zero-order valence-electron chi connectivity index (χ0n) is 8.50. The van der Waals surface area contributed by atoms with Crippen LogP contribution in [-0.2, 0) is 0 Å². The van der Waals surface area contributed by atoms with Crippen molar-refractivity contribution in [1.29, 1.82) is 0 Å². The van der Waals surface area contributed by atoms with Gasteiger partial charge in [0.25, 0.3) is 0 Å². The fourth-order valence-electron chi connectivity index (χ4n) is 1.66. The number of hydrogen-bond acceptors (Lipinski definition) is 1. The van der Waals surface area contributed by atoms with Gasteiger partial charge in [0.05, 0.1) is 0 Å². The van der Waals surface area contributed by atoms with Crippen molar-refractivity contribution in [3.63, 3.8) is 0 Å². The molecule has 2 rings (SSSR count). The Labute approximate surface area is 94.8 Å². The number of nitrogens with one attached hydrogen (secondary N) is 1. The van der Waals surface area contributed by atoms with E-state index in [1.807, 2.05) is 30.3 Å². The van der Waals surface area contributed by atoms with Crippen molar-refractivity contribution in [3.05, 3.63) is 54.1 Å². The van der Waals surface area contributed by atoms with Crippen LogP contribution in [-0.4, -0.2) is 0 Å². The predicted molar refractivity (Wildman–Crippen MR) is 66.1 cm³/mol. The van der Waals surface area contributed by atoms with E-state index in [0.29, 0.717) is 0 Å². The molecule has 0 aliphatic rings. The third kappa shape index (κ3) is 2.13. The first-order valence-electron chi connectivity index (χ1n) is 4.84. The van der Waals surface area contributed by atoms with Crippen molar-refractivity contribution in [2.75, 3.05) is 4.84 Å². The van der Waals surface area contributed by atoms with E-state index in [1.54, 1.807) is 0 Å². The highest BCUT2D eigenvalue weighted by Crippen LogP contribution is 2.25. The van der Waals surface area contributed by atoms with Gasteiger partial charge in [-0.1, -0.05) is 36.4 Å². The lowest BCUT2D eigenvalue weighted by molar-refractivity contribution is 1.46. The largest absolute Gasteiger partial charge is 0.299 e. The van der Waals surface area contributed by atoms with Crippen LogP contribution in [0.3, 0.4) is 0 Å². The molecule has 1 nitrogen and oxygen atoms in total. The minimum atomic E-state index is 0.925. The van der Waals surface area contributed by atoms with E-state index in [9.17, 15) is 0 Å². The molecule has 0 saturated heterocycles. The van der Waals surface area contributed by atoms with Crippen molar-refractivity contribution >= 4 is 17.5 Å². The topological polar surface area (TPSA) is 12.0 Å². The fourth-order valence-corrected chi connectivity index (χ4v) is 1.78. The molecule has 76 valence electrons. The first kappa shape index (κ1) is 10.1. The Hall–Kier alpha value is -1.47. The maximum Gasteiger partial charge on any atom is 0.0494 e. The Morgan fingerprint density at radius 3 is 2.33 bits per heavy atom. The fraction of sp³-hybridized carbons (Fsp3) is 0.0769. The third-order valence-electron chi connectivity index (χ3n) is 2.42. The molecule has 0 fully saturated rings. The summed E-state index contributed by atoms with van der Waals surface area (Å²) >= 11 is 5.55. The Morgan fingerprint density at radius 2 is 1.73 bits per heavy atom. The van der Waals surface area contributed by atoms with Gasteiger partial charge in [-0.05, 0) is 35.7 Å². The summed E-state index contributed by atoms with van der Waals surface area (Å²) in [6.45, 7) is 2.08. The summed E-state index contributed by atoms with van der Waals surface area (Å²) in [6, 6.07) is 16.4. The molecule has 0 bridgehead atoms. The Balaban J connectivity index is 2.46. The maximum atomic E-state index is 5.55. The summed E-state index contributed by atoms with van der Waals surface area (Å²) < 4.78 is 0. The first-order chi connectivity index (χ1) is 7.31. The maximum absolute atomic E-state index is 5.55. The summed E-state index contributed by atoms with van der Waals surface area (Å²) in [5.74, 6) is 0. The number of aryl methyl sites for hydroxylation is 1. The highest BCUT2D eigenvalue weighted by atomic mass is 35.5. The number of hydrogen-bond donors (Lipinski definition) is 1. The van der Waals surface area contributed by atoms with Gasteiger partial charge in [-0.3, -0.25) is 4.84 Å². The second kappa shape index (κ2) is 4.37. The van der Waals surface area contributed by atoms with E-state index in [4.69, 9.17) is 11.8 Å². The predicted octanol–water partition coefficient (Wildman–Crippen LogP) is 4.23. The van der Waals surface area contributed by atoms with Crippen LogP contribution < -0.4 is 4.84 Å². The molecule has 1 N–H and O–H groups in total. The van der Waals surface area contributed by atoms with Gasteiger partial charge >= 0.3 is 0 Å². The average Bonchev–Trinajstić information content (AvgIpc) is 2.30. The lowest BCUT2D eigenvalue weighted by Crippen LogP contribution is -1.86. The van der Waals surface area contributed by atoms with Crippen LogP contribution >= 0.6 is 11.8 Å². The molecule has 0 aliphatic heterocycles. The van der Waals surface area contributed by atoms with Gasteiger partial charge in [0.1, 0.15) is 0 Å². The van der Waals surface area contributed by atoms with Crippen LogP contribution in [0.25, 0.3) is 11.1 Å². The number of benzene rings is 2. The smallest absolute Gasteiger partial charge is 0.0494 e. The van der Waals surface area contributed by atoms with E-state index >= 15 is 0 Å². The van der Waals surface area contributed by atoms with Gasteiger partial charge < -0.3 is 0 Å². The van der Waals surface area contributed by atoms with E-state index in [-0.39, 0.29) is 0 Å². The molecule has 0 amide bonds. The second-order valence-corrected chi connectivity index (χ2v) is 3.68. The highest BCUT2D eigenvalue weighted by molar-refractivity contribution is 6.24. The van der Waals surface area contributed by atoms with Crippen LogP contribution in [0.5, 0.6) is 0 Å². The monoisotopic (exact) mass is 217 g/mol. The van der Waals surface area contributed by atoms with Crippen LogP contribution in [0.15, 0.2) is 48.5 Å². The second-order valence-electron chi connectivity index (χ2n) is 3.49. The van der Waals surface area contributed by atoms with Crippen molar-refractivity contribution in [2.45, 2.75) is 6.92 Å². The number of halogens is 1. The van der Waals surface area contributed by atoms with Crippen LogP contribution in [0, 0.1) is 6.92 Å². The average molecular weight is 218 g/mol. The molecule has 0 heterocycles. The van der Waals surface area contributed by atoms with E-state index in [0.717, 1.165) is 5.69 Å². The van der Waals surface area contributed by atoms with Crippen molar-refractivity contribution in [3.8, 4) is 11.1 Å². The molecule has 2 aromatic rings. The minimum Gasteiger partial charge on any atom is -0.299 e. The van der Waals surface area contributed by atoms with E-state index in [2.05, 4.69) is 30.0 Å². The zero-order chi connectivity index (χ0) is 10.7. The molecule has 2 heteroatoms. The van der Waals surface area contributed by atoms with Crippen LogP contribution in [0.4, 0.5) is 5.69 Å². The van der Waals surface area contributed by atoms with Gasteiger partial charge in [0, 0.05) is 17.5 Å². The van der Waals surface area contributed by atoms with Gasteiger partial charge in [-0.25, -0.2) is 0 Å². The molecule has 15 heavy (non-hydrogen) atoms. The summed E-state index contributed by atoms with van der Waals surface area (Å²) in [5, 5.41) is 0. The summed E-state index contributed by atoms with van der Waals surface area (Å²) in [7, 11) is 0. The summed E-state index contributed by atoms with van der Waals surface area (Å²) in [5.41, 5.74) is 4.61. The molecule has 0 aromatic heterocycles. The molecule has 0 saturated carbocycles. The SMILES string of the molecule is Cc1cc(NCl)ccc1-c1ccccc1.